The number of amides is 3. The summed E-state index contributed by atoms with van der Waals surface area (Å²) >= 11 is 0. The molecule has 0 aliphatic rings. The fourth-order valence-corrected chi connectivity index (χ4v) is 2.52. The molecule has 1 heterocycles. The highest BCUT2D eigenvalue weighted by Crippen LogP contribution is 2.11. The van der Waals surface area contributed by atoms with Crippen LogP contribution in [0.25, 0.3) is 0 Å². The summed E-state index contributed by atoms with van der Waals surface area (Å²) in [4.78, 5) is 37.3. The lowest BCUT2D eigenvalue weighted by atomic mass is 10.1. The van der Waals surface area contributed by atoms with Gasteiger partial charge in [-0.1, -0.05) is 0 Å². The van der Waals surface area contributed by atoms with E-state index in [1.54, 1.807) is 52.1 Å². The van der Waals surface area contributed by atoms with Gasteiger partial charge in [-0.15, -0.1) is 0 Å². The van der Waals surface area contributed by atoms with E-state index in [4.69, 9.17) is 5.73 Å². The van der Waals surface area contributed by atoms with Crippen LogP contribution in [0.4, 0.5) is 5.69 Å². The van der Waals surface area contributed by atoms with Crippen molar-refractivity contribution in [2.24, 2.45) is 5.73 Å². The van der Waals surface area contributed by atoms with Gasteiger partial charge in [-0.25, -0.2) is 0 Å². The molecular formula is C19H23N4O3+. The Labute approximate surface area is 152 Å². The van der Waals surface area contributed by atoms with Gasteiger partial charge in [0.1, 0.15) is 5.56 Å². The van der Waals surface area contributed by atoms with Gasteiger partial charge in [-0.2, -0.15) is 4.57 Å². The standard InChI is InChI=1S/C19H22N4O3/c1-3-23(4-2)19(26)14-7-9-16(10-8-14)21-17(24)13-22-11-5-6-15(12-22)18(20)25/h5-12H,3-4,13H2,1-2H3,(H2-,20,21,24,25,26)/p+1. The van der Waals surface area contributed by atoms with E-state index in [-0.39, 0.29) is 18.4 Å². The third-order valence-electron chi connectivity index (χ3n) is 3.94. The molecule has 0 radical (unpaired) electrons. The quantitative estimate of drug-likeness (QED) is 0.730. The van der Waals surface area contributed by atoms with Crippen LogP contribution in [-0.2, 0) is 11.3 Å². The van der Waals surface area contributed by atoms with Gasteiger partial charge in [0.2, 0.25) is 6.54 Å². The van der Waals surface area contributed by atoms with Crippen molar-refractivity contribution in [3.63, 3.8) is 0 Å². The van der Waals surface area contributed by atoms with Crippen molar-refractivity contribution in [1.82, 2.24) is 4.90 Å². The summed E-state index contributed by atoms with van der Waals surface area (Å²) in [6.45, 7) is 5.20. The van der Waals surface area contributed by atoms with Crippen molar-refractivity contribution in [3.05, 3.63) is 59.9 Å². The number of pyridine rings is 1. The normalized spacial score (nSPS) is 10.2. The average molecular weight is 355 g/mol. The molecule has 136 valence electrons. The molecule has 26 heavy (non-hydrogen) atoms. The largest absolute Gasteiger partial charge is 0.365 e. The number of nitrogens with one attached hydrogen (secondary N) is 1. The van der Waals surface area contributed by atoms with Crippen LogP contribution in [0.1, 0.15) is 34.6 Å². The zero-order chi connectivity index (χ0) is 19.1. The number of aromatic nitrogens is 1. The first-order valence-electron chi connectivity index (χ1n) is 8.42. The van der Waals surface area contributed by atoms with Gasteiger partial charge >= 0.3 is 0 Å². The minimum Gasteiger partial charge on any atom is -0.365 e. The smallest absolute Gasteiger partial charge is 0.290 e. The van der Waals surface area contributed by atoms with E-state index in [2.05, 4.69) is 5.32 Å². The molecule has 7 heteroatoms. The zero-order valence-corrected chi connectivity index (χ0v) is 14.9. The lowest BCUT2D eigenvalue weighted by molar-refractivity contribution is -0.684. The zero-order valence-electron chi connectivity index (χ0n) is 14.9. The number of primary amides is 1. The molecule has 0 atom stereocenters. The third-order valence-corrected chi connectivity index (χ3v) is 3.94. The fraction of sp³-hybridized carbons (Fsp3) is 0.263. The molecule has 0 saturated carbocycles. The summed E-state index contributed by atoms with van der Waals surface area (Å²) in [5, 5.41) is 2.76. The summed E-state index contributed by atoms with van der Waals surface area (Å²) in [6, 6.07) is 10.0. The summed E-state index contributed by atoms with van der Waals surface area (Å²) in [7, 11) is 0. The Morgan fingerprint density at radius 3 is 2.27 bits per heavy atom. The van der Waals surface area contributed by atoms with E-state index in [1.165, 1.54) is 6.20 Å². The minimum atomic E-state index is -0.548. The molecule has 0 unspecified atom stereocenters. The van der Waals surface area contributed by atoms with Gasteiger partial charge in [-0.05, 0) is 44.2 Å². The second-order valence-electron chi connectivity index (χ2n) is 5.73. The molecule has 0 aliphatic heterocycles. The number of nitrogens with two attached hydrogens (primary N) is 1. The monoisotopic (exact) mass is 355 g/mol. The number of hydrogen-bond donors (Lipinski definition) is 2. The Hall–Kier alpha value is -3.22. The first-order valence-corrected chi connectivity index (χ1v) is 8.42. The number of carbonyl (C=O) groups excluding carboxylic acids is 3. The lowest BCUT2D eigenvalue weighted by Gasteiger charge is -2.18. The van der Waals surface area contributed by atoms with Crippen LogP contribution in [0, 0.1) is 0 Å². The average Bonchev–Trinajstić information content (AvgIpc) is 2.63. The summed E-state index contributed by atoms with van der Waals surface area (Å²) in [5.41, 5.74) is 6.74. The molecule has 1 aromatic carbocycles. The second kappa shape index (κ2) is 8.75. The number of carbonyl (C=O) groups is 3. The predicted octanol–water partition coefficient (Wildman–Crippen LogP) is 1.19. The highest BCUT2D eigenvalue weighted by molar-refractivity contribution is 5.95. The maximum Gasteiger partial charge on any atom is 0.290 e. The molecule has 2 aromatic rings. The van der Waals surface area contributed by atoms with Crippen molar-refractivity contribution in [2.45, 2.75) is 20.4 Å². The van der Waals surface area contributed by atoms with Crippen LogP contribution < -0.4 is 15.6 Å². The molecule has 0 aliphatic carbocycles. The Morgan fingerprint density at radius 2 is 1.69 bits per heavy atom. The summed E-state index contributed by atoms with van der Waals surface area (Å²) in [5.74, 6) is -0.834. The molecule has 0 saturated heterocycles. The Bertz CT molecular complexity index is 799. The number of rotatable bonds is 7. The molecule has 7 nitrogen and oxygen atoms in total. The van der Waals surface area contributed by atoms with Crippen molar-refractivity contribution in [1.29, 1.82) is 0 Å². The Kier molecular flexibility index (Phi) is 6.43. The lowest BCUT2D eigenvalue weighted by Crippen LogP contribution is -2.40. The fourth-order valence-electron chi connectivity index (χ4n) is 2.52. The van der Waals surface area contributed by atoms with Crippen molar-refractivity contribution < 1.29 is 19.0 Å². The van der Waals surface area contributed by atoms with Gasteiger partial charge in [0, 0.05) is 30.4 Å². The van der Waals surface area contributed by atoms with E-state index in [0.717, 1.165) is 0 Å². The maximum absolute atomic E-state index is 12.3. The van der Waals surface area contributed by atoms with E-state index >= 15 is 0 Å². The van der Waals surface area contributed by atoms with Crippen LogP contribution in [0.5, 0.6) is 0 Å². The molecular weight excluding hydrogens is 332 g/mol. The van der Waals surface area contributed by atoms with Gasteiger partial charge in [0.25, 0.3) is 17.7 Å². The molecule has 0 bridgehead atoms. The van der Waals surface area contributed by atoms with Gasteiger partial charge in [0.05, 0.1) is 0 Å². The molecule has 3 N–H and O–H groups in total. The van der Waals surface area contributed by atoms with Crippen LogP contribution in [0.2, 0.25) is 0 Å². The molecule has 3 amide bonds. The predicted molar refractivity (Wildman–Crippen MR) is 97.5 cm³/mol. The molecule has 0 fully saturated rings. The highest BCUT2D eigenvalue weighted by atomic mass is 16.2. The highest BCUT2D eigenvalue weighted by Gasteiger charge is 2.14. The summed E-state index contributed by atoms with van der Waals surface area (Å²) in [6.07, 6.45) is 3.20. The molecule has 2 rings (SSSR count). The first-order chi connectivity index (χ1) is 12.4. The third kappa shape index (κ3) is 4.89. The Morgan fingerprint density at radius 1 is 1.04 bits per heavy atom. The topological polar surface area (TPSA) is 96.4 Å². The van der Waals surface area contributed by atoms with Gasteiger partial charge in [0.15, 0.2) is 12.4 Å². The van der Waals surface area contributed by atoms with Gasteiger partial charge < -0.3 is 16.0 Å². The van der Waals surface area contributed by atoms with E-state index in [0.29, 0.717) is 29.9 Å². The molecule has 0 spiro atoms. The van der Waals surface area contributed by atoms with Gasteiger partial charge in [-0.3, -0.25) is 14.4 Å². The van der Waals surface area contributed by atoms with Crippen LogP contribution in [-0.4, -0.2) is 35.7 Å². The number of hydrogen-bond acceptors (Lipinski definition) is 3. The number of anilines is 1. The SMILES string of the molecule is CCN(CC)C(=O)c1ccc(NC(=O)C[n+]2cccc(C(N)=O)c2)cc1. The number of nitrogens with zero attached hydrogens (tertiary/aromatic N) is 2. The van der Waals surface area contributed by atoms with Crippen LogP contribution in [0.15, 0.2) is 48.8 Å². The van der Waals surface area contributed by atoms with Crippen molar-refractivity contribution in [3.8, 4) is 0 Å². The van der Waals surface area contributed by atoms with Crippen LogP contribution in [0.3, 0.4) is 0 Å². The first kappa shape index (κ1) is 19.1. The Balaban J connectivity index is 2.00. The number of benzene rings is 1. The maximum atomic E-state index is 12.3. The van der Waals surface area contributed by atoms with Crippen LogP contribution >= 0.6 is 0 Å². The van der Waals surface area contributed by atoms with E-state index < -0.39 is 5.91 Å². The van der Waals surface area contributed by atoms with Crippen molar-refractivity contribution in [2.75, 3.05) is 18.4 Å². The van der Waals surface area contributed by atoms with E-state index in [9.17, 15) is 14.4 Å². The van der Waals surface area contributed by atoms with Crippen molar-refractivity contribution >= 4 is 23.4 Å². The van der Waals surface area contributed by atoms with E-state index in [1.807, 2.05) is 13.8 Å². The second-order valence-corrected chi connectivity index (χ2v) is 5.73. The summed E-state index contributed by atoms with van der Waals surface area (Å²) < 4.78 is 1.58. The minimum absolute atomic E-state index is 0.0355. The molecule has 1 aromatic heterocycles.